The van der Waals surface area contributed by atoms with Crippen LogP contribution in [0.4, 0.5) is 0 Å². The van der Waals surface area contributed by atoms with Crippen molar-refractivity contribution < 1.29 is 18.9 Å². The molecule has 1 fully saturated rings. The molecule has 27 heavy (non-hydrogen) atoms. The predicted octanol–water partition coefficient (Wildman–Crippen LogP) is 3.20. The van der Waals surface area contributed by atoms with Crippen molar-refractivity contribution in [3.8, 4) is 11.5 Å². The van der Waals surface area contributed by atoms with Crippen molar-refractivity contribution in [3.63, 3.8) is 0 Å². The van der Waals surface area contributed by atoms with Gasteiger partial charge in [-0.2, -0.15) is 0 Å². The van der Waals surface area contributed by atoms with Gasteiger partial charge in [-0.15, -0.1) is 0 Å². The Balaban J connectivity index is 1.87. The summed E-state index contributed by atoms with van der Waals surface area (Å²) in [6.07, 6.45) is 1.69. The van der Waals surface area contributed by atoms with Crippen LogP contribution in [-0.2, 0) is 22.3 Å². The van der Waals surface area contributed by atoms with Crippen LogP contribution in [-0.4, -0.2) is 33.2 Å². The Bertz CT molecular complexity index is 779. The molecule has 5 heteroatoms. The van der Waals surface area contributed by atoms with Crippen molar-refractivity contribution in [1.82, 2.24) is 0 Å². The molecule has 1 spiro atoms. The second kappa shape index (κ2) is 7.09. The topological polar surface area (TPSA) is 36.9 Å². The van der Waals surface area contributed by atoms with Crippen LogP contribution >= 0.6 is 8.58 Å². The van der Waals surface area contributed by atoms with Crippen LogP contribution in [0.25, 0.3) is 0 Å². The minimum atomic E-state index is -0.542. The number of hydrogen-bond acceptors (Lipinski definition) is 4. The van der Waals surface area contributed by atoms with Gasteiger partial charge < -0.3 is 18.9 Å². The van der Waals surface area contributed by atoms with Crippen molar-refractivity contribution in [3.05, 3.63) is 47.5 Å². The fraction of sp³-hybridized carbons (Fsp3) is 0.455. The van der Waals surface area contributed by atoms with Gasteiger partial charge in [0.2, 0.25) is 0 Å². The molecule has 0 unspecified atom stereocenters. The summed E-state index contributed by atoms with van der Waals surface area (Å²) in [7, 11) is 4.01. The van der Waals surface area contributed by atoms with Crippen LogP contribution in [0.3, 0.4) is 0 Å². The van der Waals surface area contributed by atoms with E-state index in [1.807, 2.05) is 13.8 Å². The minimum Gasteiger partial charge on any atom is -0.496 e. The third-order valence-corrected chi connectivity index (χ3v) is 6.78. The second-order valence-corrected chi connectivity index (χ2v) is 9.28. The van der Waals surface area contributed by atoms with Gasteiger partial charge >= 0.3 is 0 Å². The first-order chi connectivity index (χ1) is 13.0. The summed E-state index contributed by atoms with van der Waals surface area (Å²) >= 11 is 0. The predicted molar refractivity (Wildman–Crippen MR) is 109 cm³/mol. The maximum atomic E-state index is 6.12. The Labute approximate surface area is 162 Å². The smallest absolute Gasteiger partial charge is 0.162 e. The number of rotatable bonds is 2. The van der Waals surface area contributed by atoms with Crippen LogP contribution in [0.5, 0.6) is 11.5 Å². The van der Waals surface area contributed by atoms with Gasteiger partial charge in [-0.3, -0.25) is 0 Å². The average molecular weight is 386 g/mol. The zero-order valence-corrected chi connectivity index (χ0v) is 17.4. The zero-order chi connectivity index (χ0) is 19.1. The molecule has 144 valence electrons. The van der Waals surface area contributed by atoms with Gasteiger partial charge in [0.1, 0.15) is 11.5 Å². The van der Waals surface area contributed by atoms with Gasteiger partial charge in [0.25, 0.3) is 0 Å². The Morgan fingerprint density at radius 3 is 1.74 bits per heavy atom. The molecule has 4 nitrogen and oxygen atoms in total. The second-order valence-electron chi connectivity index (χ2n) is 7.95. The minimum absolute atomic E-state index is 0.159. The molecule has 2 aromatic carbocycles. The molecule has 0 atom stereocenters. The Kier molecular flexibility index (Phi) is 4.92. The van der Waals surface area contributed by atoms with Gasteiger partial charge in [-0.1, -0.05) is 45.0 Å². The van der Waals surface area contributed by atoms with E-state index < -0.39 is 5.79 Å². The molecule has 2 aliphatic rings. The standard InChI is InChI=1S/C22H27O4P/c1-21(2)25-13-22(14-26-21)11-15-7-5-9-17(19(15)23-3)27-18-10-6-8-16(12-22)20(18)24-4/h5-10,27H,11-14H2,1-4H3. The van der Waals surface area contributed by atoms with E-state index in [0.29, 0.717) is 21.8 Å². The highest BCUT2D eigenvalue weighted by molar-refractivity contribution is 7.56. The van der Waals surface area contributed by atoms with E-state index in [2.05, 4.69) is 36.4 Å². The molecule has 0 saturated carbocycles. The van der Waals surface area contributed by atoms with Gasteiger partial charge in [0, 0.05) is 16.0 Å². The van der Waals surface area contributed by atoms with E-state index in [9.17, 15) is 0 Å². The maximum Gasteiger partial charge on any atom is 0.162 e. The SMILES string of the molecule is COc1c2cccc1Pc1cccc(c1OC)CC1(COC(C)(C)OC1)C2. The largest absolute Gasteiger partial charge is 0.496 e. The number of ether oxygens (including phenoxy) is 4. The monoisotopic (exact) mass is 386 g/mol. The van der Waals surface area contributed by atoms with Crippen LogP contribution < -0.4 is 20.1 Å². The van der Waals surface area contributed by atoms with E-state index in [4.69, 9.17) is 18.9 Å². The maximum absolute atomic E-state index is 6.12. The van der Waals surface area contributed by atoms with Crippen LogP contribution in [0.15, 0.2) is 36.4 Å². The molecule has 0 aromatic heterocycles. The number of benzene rings is 2. The number of hydrogen-bond donors (Lipinski definition) is 0. The van der Waals surface area contributed by atoms with Crippen molar-refractivity contribution in [2.24, 2.45) is 5.41 Å². The lowest BCUT2D eigenvalue weighted by Crippen LogP contribution is -2.49. The molecule has 4 rings (SSSR count). The zero-order valence-electron chi connectivity index (χ0n) is 16.4. The first-order valence-electron chi connectivity index (χ1n) is 9.32. The van der Waals surface area contributed by atoms with Crippen molar-refractivity contribution in [2.45, 2.75) is 32.5 Å². The summed E-state index contributed by atoms with van der Waals surface area (Å²) in [5.41, 5.74) is 2.28. The van der Waals surface area contributed by atoms with Gasteiger partial charge in [-0.05, 0) is 37.8 Å². The lowest BCUT2D eigenvalue weighted by Gasteiger charge is -2.44. The molecule has 2 aliphatic heterocycles. The molecule has 4 bridgehead atoms. The summed E-state index contributed by atoms with van der Waals surface area (Å²) in [5, 5.41) is 2.42. The van der Waals surface area contributed by atoms with Gasteiger partial charge in [0.05, 0.1) is 27.4 Å². The average Bonchev–Trinajstić information content (AvgIpc) is 2.64. The van der Waals surface area contributed by atoms with E-state index in [-0.39, 0.29) is 5.41 Å². The third kappa shape index (κ3) is 3.59. The number of fused-ring (bicyclic) bond motifs is 4. The summed E-state index contributed by atoms with van der Waals surface area (Å²) in [6.45, 7) is 5.24. The molecular weight excluding hydrogens is 359 g/mol. The van der Waals surface area contributed by atoms with Gasteiger partial charge in [0.15, 0.2) is 5.79 Å². The Hall–Kier alpha value is -1.61. The summed E-state index contributed by atoms with van der Waals surface area (Å²) in [6, 6.07) is 12.9. The highest BCUT2D eigenvalue weighted by Crippen LogP contribution is 2.41. The fourth-order valence-corrected chi connectivity index (χ4v) is 5.49. The quantitative estimate of drug-likeness (QED) is 0.743. The number of para-hydroxylation sites is 2. The van der Waals surface area contributed by atoms with E-state index in [0.717, 1.165) is 24.3 Å². The Morgan fingerprint density at radius 1 is 0.815 bits per heavy atom. The molecular formula is C22H27O4P. The molecule has 0 radical (unpaired) electrons. The van der Waals surface area contributed by atoms with Crippen LogP contribution in [0.2, 0.25) is 0 Å². The van der Waals surface area contributed by atoms with Crippen molar-refractivity contribution >= 4 is 19.2 Å². The van der Waals surface area contributed by atoms with Crippen molar-refractivity contribution in [2.75, 3.05) is 27.4 Å². The van der Waals surface area contributed by atoms with E-state index in [1.54, 1.807) is 14.2 Å². The van der Waals surface area contributed by atoms with Crippen molar-refractivity contribution in [1.29, 1.82) is 0 Å². The fourth-order valence-electron chi connectivity index (χ4n) is 4.08. The highest BCUT2D eigenvalue weighted by Gasteiger charge is 2.42. The molecule has 1 saturated heterocycles. The molecule has 2 heterocycles. The molecule has 0 N–H and O–H groups in total. The number of methoxy groups -OCH3 is 2. The molecule has 0 aliphatic carbocycles. The third-order valence-electron chi connectivity index (χ3n) is 5.45. The van der Waals surface area contributed by atoms with E-state index in [1.165, 1.54) is 21.7 Å². The van der Waals surface area contributed by atoms with Crippen LogP contribution in [0.1, 0.15) is 25.0 Å². The molecule has 2 aromatic rings. The summed E-state index contributed by atoms with van der Waals surface area (Å²) in [5.74, 6) is 1.42. The summed E-state index contributed by atoms with van der Waals surface area (Å²) in [4.78, 5) is 0. The Morgan fingerprint density at radius 2 is 1.30 bits per heavy atom. The first-order valence-corrected chi connectivity index (χ1v) is 10.3. The highest BCUT2D eigenvalue weighted by atomic mass is 31.1. The lowest BCUT2D eigenvalue weighted by molar-refractivity contribution is -0.285. The normalized spacial score (nSPS) is 20.1. The first kappa shape index (κ1) is 18.7. The van der Waals surface area contributed by atoms with E-state index >= 15 is 0 Å². The van der Waals surface area contributed by atoms with Crippen LogP contribution in [0, 0.1) is 5.41 Å². The lowest BCUT2D eigenvalue weighted by atomic mass is 9.76. The van der Waals surface area contributed by atoms with Gasteiger partial charge in [-0.25, -0.2) is 0 Å². The molecule has 0 amide bonds. The summed E-state index contributed by atoms with van der Waals surface area (Å²) < 4.78 is 23.9.